The number of nitrogens with one attached hydrogen (secondary N) is 1. The molecule has 0 aromatic carbocycles. The molecule has 2 unspecified atom stereocenters. The van der Waals surface area contributed by atoms with Crippen molar-refractivity contribution in [3.05, 3.63) is 0 Å². The van der Waals surface area contributed by atoms with Crippen molar-refractivity contribution in [2.24, 2.45) is 11.7 Å². The molecule has 1 heterocycles. The Morgan fingerprint density at radius 2 is 1.84 bits per heavy atom. The van der Waals surface area contributed by atoms with Crippen LogP contribution in [0.3, 0.4) is 0 Å². The van der Waals surface area contributed by atoms with Gasteiger partial charge in [-0.05, 0) is 45.6 Å². The third kappa shape index (κ3) is 5.19. The van der Waals surface area contributed by atoms with Gasteiger partial charge < -0.3 is 16.0 Å². The van der Waals surface area contributed by atoms with Crippen LogP contribution >= 0.6 is 0 Å². The number of rotatable bonds is 6. The van der Waals surface area contributed by atoms with Gasteiger partial charge in [-0.2, -0.15) is 0 Å². The van der Waals surface area contributed by atoms with Crippen LogP contribution in [0.1, 0.15) is 46.0 Å². The SMILES string of the molecule is CC(CCCN)C(=O)NC(C)C(=O)N1CCCCC1. The van der Waals surface area contributed by atoms with E-state index >= 15 is 0 Å². The number of nitrogens with two attached hydrogens (primary N) is 1. The fraction of sp³-hybridized carbons (Fsp3) is 0.857. The Bertz CT molecular complexity index is 301. The van der Waals surface area contributed by atoms with E-state index < -0.39 is 6.04 Å². The molecule has 1 fully saturated rings. The molecular weight excluding hydrogens is 242 g/mol. The zero-order chi connectivity index (χ0) is 14.3. The molecule has 0 aliphatic carbocycles. The van der Waals surface area contributed by atoms with Crippen molar-refractivity contribution in [1.82, 2.24) is 10.2 Å². The van der Waals surface area contributed by atoms with E-state index in [1.54, 1.807) is 6.92 Å². The standard InChI is InChI=1S/C14H27N3O2/c1-11(7-6-8-15)13(18)16-12(2)14(19)17-9-4-3-5-10-17/h11-12H,3-10,15H2,1-2H3,(H,16,18). The van der Waals surface area contributed by atoms with Crippen molar-refractivity contribution >= 4 is 11.8 Å². The van der Waals surface area contributed by atoms with Crippen LogP contribution in [0, 0.1) is 5.92 Å². The molecule has 0 bridgehead atoms. The maximum Gasteiger partial charge on any atom is 0.244 e. The van der Waals surface area contributed by atoms with E-state index in [1.165, 1.54) is 6.42 Å². The maximum absolute atomic E-state index is 12.2. The van der Waals surface area contributed by atoms with Gasteiger partial charge >= 0.3 is 0 Å². The summed E-state index contributed by atoms with van der Waals surface area (Å²) in [7, 11) is 0. The van der Waals surface area contributed by atoms with E-state index in [4.69, 9.17) is 5.73 Å². The van der Waals surface area contributed by atoms with Gasteiger partial charge in [-0.15, -0.1) is 0 Å². The van der Waals surface area contributed by atoms with Crippen LogP contribution in [0.15, 0.2) is 0 Å². The average molecular weight is 269 g/mol. The molecule has 1 aliphatic heterocycles. The van der Waals surface area contributed by atoms with Crippen LogP contribution in [0.4, 0.5) is 0 Å². The number of hydrogen-bond donors (Lipinski definition) is 2. The Morgan fingerprint density at radius 1 is 1.21 bits per heavy atom. The van der Waals surface area contributed by atoms with Crippen LogP contribution in [0.5, 0.6) is 0 Å². The summed E-state index contributed by atoms with van der Waals surface area (Å²) in [6.07, 6.45) is 4.94. The Hall–Kier alpha value is -1.10. The van der Waals surface area contributed by atoms with Crippen LogP contribution in [0.2, 0.25) is 0 Å². The summed E-state index contributed by atoms with van der Waals surface area (Å²) in [4.78, 5) is 25.9. The van der Waals surface area contributed by atoms with Gasteiger partial charge in [0.15, 0.2) is 0 Å². The highest BCUT2D eigenvalue weighted by Crippen LogP contribution is 2.11. The smallest absolute Gasteiger partial charge is 0.244 e. The van der Waals surface area contributed by atoms with Crippen LogP contribution < -0.4 is 11.1 Å². The highest BCUT2D eigenvalue weighted by atomic mass is 16.2. The lowest BCUT2D eigenvalue weighted by Gasteiger charge is -2.29. The second-order valence-corrected chi connectivity index (χ2v) is 5.45. The molecule has 5 heteroatoms. The number of piperidine rings is 1. The highest BCUT2D eigenvalue weighted by molar-refractivity contribution is 5.88. The lowest BCUT2D eigenvalue weighted by Crippen LogP contribution is -2.49. The summed E-state index contributed by atoms with van der Waals surface area (Å²) in [6.45, 7) is 5.89. The predicted molar refractivity (Wildman–Crippen MR) is 75.5 cm³/mol. The predicted octanol–water partition coefficient (Wildman–Crippen LogP) is 0.879. The molecule has 2 atom stereocenters. The summed E-state index contributed by atoms with van der Waals surface area (Å²) < 4.78 is 0. The minimum absolute atomic E-state index is 0.0408. The number of nitrogens with zero attached hydrogens (tertiary/aromatic N) is 1. The first kappa shape index (κ1) is 16.0. The van der Waals surface area contributed by atoms with Gasteiger partial charge in [-0.1, -0.05) is 6.92 Å². The Labute approximate surface area is 115 Å². The second kappa shape index (κ2) is 8.15. The highest BCUT2D eigenvalue weighted by Gasteiger charge is 2.24. The Kier molecular flexibility index (Phi) is 6.84. The summed E-state index contributed by atoms with van der Waals surface area (Å²) in [6, 6.07) is -0.425. The van der Waals surface area contributed by atoms with Gasteiger partial charge in [-0.25, -0.2) is 0 Å². The van der Waals surface area contributed by atoms with E-state index in [-0.39, 0.29) is 17.7 Å². The number of hydrogen-bond acceptors (Lipinski definition) is 3. The minimum atomic E-state index is -0.425. The number of amides is 2. The first-order valence-electron chi connectivity index (χ1n) is 7.35. The Balaban J connectivity index is 2.37. The van der Waals surface area contributed by atoms with Crippen LogP contribution in [-0.2, 0) is 9.59 Å². The lowest BCUT2D eigenvalue weighted by molar-refractivity contribution is -0.137. The van der Waals surface area contributed by atoms with E-state index in [9.17, 15) is 9.59 Å². The summed E-state index contributed by atoms with van der Waals surface area (Å²) in [5, 5.41) is 2.81. The molecule has 0 radical (unpaired) electrons. The third-order valence-corrected chi connectivity index (χ3v) is 3.69. The second-order valence-electron chi connectivity index (χ2n) is 5.45. The molecule has 19 heavy (non-hydrogen) atoms. The maximum atomic E-state index is 12.2. The van der Waals surface area contributed by atoms with E-state index in [2.05, 4.69) is 5.32 Å². The summed E-state index contributed by atoms with van der Waals surface area (Å²) in [5.74, 6) is -0.0921. The number of carbonyl (C=O) groups excluding carboxylic acids is 2. The first-order chi connectivity index (χ1) is 9.06. The van der Waals surface area contributed by atoms with Gasteiger partial charge in [0.25, 0.3) is 0 Å². The molecule has 5 nitrogen and oxygen atoms in total. The van der Waals surface area contributed by atoms with E-state index in [1.807, 2.05) is 11.8 Å². The fourth-order valence-electron chi connectivity index (χ4n) is 2.36. The fourth-order valence-corrected chi connectivity index (χ4v) is 2.36. The van der Waals surface area contributed by atoms with Gasteiger partial charge in [0.05, 0.1) is 0 Å². The quantitative estimate of drug-likeness (QED) is 0.751. The normalized spacial score (nSPS) is 18.8. The van der Waals surface area contributed by atoms with Crippen LogP contribution in [-0.4, -0.2) is 42.4 Å². The number of likely N-dealkylation sites (tertiary alicyclic amines) is 1. The first-order valence-corrected chi connectivity index (χ1v) is 7.35. The lowest BCUT2D eigenvalue weighted by atomic mass is 10.0. The molecule has 1 saturated heterocycles. The van der Waals surface area contributed by atoms with E-state index in [0.29, 0.717) is 6.54 Å². The van der Waals surface area contributed by atoms with Crippen molar-refractivity contribution in [3.8, 4) is 0 Å². The molecular formula is C14H27N3O2. The molecule has 0 spiro atoms. The molecule has 0 aromatic rings. The summed E-state index contributed by atoms with van der Waals surface area (Å²) >= 11 is 0. The zero-order valence-corrected chi connectivity index (χ0v) is 12.2. The topological polar surface area (TPSA) is 75.4 Å². The van der Waals surface area contributed by atoms with Crippen molar-refractivity contribution in [3.63, 3.8) is 0 Å². The van der Waals surface area contributed by atoms with Crippen molar-refractivity contribution < 1.29 is 9.59 Å². The molecule has 1 aliphatic rings. The van der Waals surface area contributed by atoms with Crippen LogP contribution in [0.25, 0.3) is 0 Å². The van der Waals surface area contributed by atoms with Crippen molar-refractivity contribution in [2.45, 2.75) is 52.0 Å². The molecule has 3 N–H and O–H groups in total. The molecule has 1 rings (SSSR count). The third-order valence-electron chi connectivity index (χ3n) is 3.69. The molecule has 110 valence electrons. The Morgan fingerprint density at radius 3 is 2.42 bits per heavy atom. The monoisotopic (exact) mass is 269 g/mol. The minimum Gasteiger partial charge on any atom is -0.344 e. The largest absolute Gasteiger partial charge is 0.344 e. The van der Waals surface area contributed by atoms with Crippen molar-refractivity contribution in [2.75, 3.05) is 19.6 Å². The molecule has 2 amide bonds. The molecule has 0 saturated carbocycles. The van der Waals surface area contributed by atoms with Gasteiger partial charge in [0.2, 0.25) is 11.8 Å². The van der Waals surface area contributed by atoms with Gasteiger partial charge in [0.1, 0.15) is 6.04 Å². The van der Waals surface area contributed by atoms with E-state index in [0.717, 1.165) is 38.8 Å². The van der Waals surface area contributed by atoms with Gasteiger partial charge in [0, 0.05) is 19.0 Å². The summed E-state index contributed by atoms with van der Waals surface area (Å²) in [5.41, 5.74) is 5.43. The van der Waals surface area contributed by atoms with Gasteiger partial charge in [-0.3, -0.25) is 9.59 Å². The average Bonchev–Trinajstić information content (AvgIpc) is 2.44. The molecule has 0 aromatic heterocycles. The zero-order valence-electron chi connectivity index (χ0n) is 12.2. The number of carbonyl (C=O) groups is 2. The van der Waals surface area contributed by atoms with Crippen molar-refractivity contribution in [1.29, 1.82) is 0 Å².